The highest BCUT2D eigenvalue weighted by molar-refractivity contribution is 5.63. The van der Waals surface area contributed by atoms with Crippen LogP contribution in [-0.2, 0) is 0 Å². The van der Waals surface area contributed by atoms with Crippen LogP contribution >= 0.6 is 0 Å². The van der Waals surface area contributed by atoms with Crippen LogP contribution in [0.5, 0.6) is 17.2 Å². The highest BCUT2D eigenvalue weighted by Gasteiger charge is 2.07. The number of para-hydroxylation sites is 1. The summed E-state index contributed by atoms with van der Waals surface area (Å²) in [5, 5.41) is 8.73. The number of hydrogen-bond acceptors (Lipinski definition) is 4. The first-order valence-electron chi connectivity index (χ1n) is 5.94. The first kappa shape index (κ1) is 12.8. The van der Waals surface area contributed by atoms with Crippen LogP contribution in [0.2, 0.25) is 0 Å². The van der Waals surface area contributed by atoms with E-state index in [1.165, 1.54) is 0 Å². The number of nitrogens with zero attached hydrogens (tertiary/aromatic N) is 1. The van der Waals surface area contributed by atoms with Crippen molar-refractivity contribution >= 4 is 5.69 Å². The van der Waals surface area contributed by atoms with E-state index in [1.807, 2.05) is 13.0 Å². The molecule has 0 saturated carbocycles. The Kier molecular flexibility index (Phi) is 3.89. The van der Waals surface area contributed by atoms with Crippen molar-refractivity contribution in [3.05, 3.63) is 48.0 Å². The van der Waals surface area contributed by atoms with Gasteiger partial charge in [-0.05, 0) is 43.3 Å². The summed E-state index contributed by atoms with van der Waals surface area (Å²) in [5.41, 5.74) is 7.02. The van der Waals surface area contributed by atoms with Crippen molar-refractivity contribution in [2.24, 2.45) is 0 Å². The smallest absolute Gasteiger partial charge is 0.154 e. The van der Waals surface area contributed by atoms with E-state index in [4.69, 9.17) is 20.5 Å². The number of nitrogens with two attached hydrogens (primary N) is 1. The summed E-state index contributed by atoms with van der Waals surface area (Å²) in [4.78, 5) is 0. The van der Waals surface area contributed by atoms with Crippen molar-refractivity contribution < 1.29 is 9.47 Å². The van der Waals surface area contributed by atoms with E-state index in [0.717, 1.165) is 0 Å². The zero-order valence-corrected chi connectivity index (χ0v) is 10.6. The van der Waals surface area contributed by atoms with Crippen molar-refractivity contribution in [3.8, 4) is 23.3 Å². The Morgan fingerprint density at radius 1 is 1.11 bits per heavy atom. The van der Waals surface area contributed by atoms with Gasteiger partial charge in [0.1, 0.15) is 17.2 Å². The number of anilines is 1. The number of nitriles is 1. The number of ether oxygens (including phenoxy) is 2. The molecule has 2 aromatic carbocycles. The lowest BCUT2D eigenvalue weighted by Crippen LogP contribution is -1.98. The zero-order valence-electron chi connectivity index (χ0n) is 10.6. The molecule has 2 N–H and O–H groups in total. The Morgan fingerprint density at radius 2 is 1.79 bits per heavy atom. The standard InChI is InChI=1S/C15H14N2O2/c1-2-18-13-4-3-5-14(15(13)17)19-12-8-6-11(10-16)7-9-12/h3-9H,2,17H2,1H3. The van der Waals surface area contributed by atoms with E-state index >= 15 is 0 Å². The molecule has 0 aromatic heterocycles. The van der Waals surface area contributed by atoms with E-state index in [0.29, 0.717) is 35.1 Å². The quantitative estimate of drug-likeness (QED) is 0.850. The number of hydrogen-bond donors (Lipinski definition) is 1. The normalized spacial score (nSPS) is 9.68. The Hall–Kier alpha value is -2.67. The SMILES string of the molecule is CCOc1cccc(Oc2ccc(C#N)cc2)c1N. The van der Waals surface area contributed by atoms with Crippen molar-refractivity contribution in [1.82, 2.24) is 0 Å². The summed E-state index contributed by atoms with van der Waals surface area (Å²) in [5.74, 6) is 1.77. The minimum atomic E-state index is 0.466. The predicted octanol–water partition coefficient (Wildman–Crippen LogP) is 3.33. The van der Waals surface area contributed by atoms with Gasteiger partial charge in [0.25, 0.3) is 0 Å². The molecule has 0 bridgehead atoms. The molecule has 2 aromatic rings. The molecule has 0 spiro atoms. The molecule has 2 rings (SSSR count). The van der Waals surface area contributed by atoms with Crippen LogP contribution in [0.1, 0.15) is 12.5 Å². The third kappa shape index (κ3) is 2.96. The van der Waals surface area contributed by atoms with Crippen molar-refractivity contribution in [2.45, 2.75) is 6.92 Å². The predicted molar refractivity (Wildman–Crippen MR) is 73.3 cm³/mol. The lowest BCUT2D eigenvalue weighted by atomic mass is 10.2. The Labute approximate surface area is 112 Å². The Bertz CT molecular complexity index is 601. The maximum atomic E-state index is 8.73. The van der Waals surface area contributed by atoms with Crippen LogP contribution < -0.4 is 15.2 Å². The Morgan fingerprint density at radius 3 is 2.42 bits per heavy atom. The molecule has 4 heteroatoms. The van der Waals surface area contributed by atoms with Gasteiger partial charge in [0.15, 0.2) is 5.75 Å². The monoisotopic (exact) mass is 254 g/mol. The van der Waals surface area contributed by atoms with Gasteiger partial charge in [-0.2, -0.15) is 5.26 Å². The Balaban J connectivity index is 2.23. The summed E-state index contributed by atoms with van der Waals surface area (Å²) < 4.78 is 11.1. The lowest BCUT2D eigenvalue weighted by Gasteiger charge is -2.12. The van der Waals surface area contributed by atoms with Gasteiger partial charge in [-0.3, -0.25) is 0 Å². The third-order valence-corrected chi connectivity index (χ3v) is 2.54. The lowest BCUT2D eigenvalue weighted by molar-refractivity contribution is 0.340. The molecule has 0 amide bonds. The van der Waals surface area contributed by atoms with E-state index in [9.17, 15) is 0 Å². The van der Waals surface area contributed by atoms with Crippen molar-refractivity contribution in [2.75, 3.05) is 12.3 Å². The van der Waals surface area contributed by atoms with E-state index in [2.05, 4.69) is 6.07 Å². The van der Waals surface area contributed by atoms with E-state index < -0.39 is 0 Å². The molecule has 0 atom stereocenters. The molecule has 0 heterocycles. The minimum absolute atomic E-state index is 0.466. The molecule has 0 radical (unpaired) electrons. The van der Waals surface area contributed by atoms with Gasteiger partial charge >= 0.3 is 0 Å². The van der Waals surface area contributed by atoms with Gasteiger partial charge in [-0.25, -0.2) is 0 Å². The van der Waals surface area contributed by atoms with Crippen LogP contribution in [0.25, 0.3) is 0 Å². The van der Waals surface area contributed by atoms with E-state index in [1.54, 1.807) is 36.4 Å². The molecule has 4 nitrogen and oxygen atoms in total. The van der Waals surface area contributed by atoms with Gasteiger partial charge in [0.05, 0.1) is 18.2 Å². The molecule has 0 aliphatic heterocycles. The number of benzene rings is 2. The molecule has 0 fully saturated rings. The molecular weight excluding hydrogens is 240 g/mol. The number of rotatable bonds is 4. The zero-order chi connectivity index (χ0) is 13.7. The van der Waals surface area contributed by atoms with Gasteiger partial charge in [-0.15, -0.1) is 0 Å². The summed E-state index contributed by atoms with van der Waals surface area (Å²) in [6, 6.07) is 14.3. The number of nitrogen functional groups attached to an aromatic ring is 1. The molecule has 96 valence electrons. The molecular formula is C15H14N2O2. The van der Waals surface area contributed by atoms with E-state index in [-0.39, 0.29) is 0 Å². The first-order valence-corrected chi connectivity index (χ1v) is 5.94. The molecule has 0 saturated heterocycles. The van der Waals surface area contributed by atoms with Gasteiger partial charge in [0, 0.05) is 0 Å². The average Bonchev–Trinajstić information content (AvgIpc) is 2.44. The van der Waals surface area contributed by atoms with Crippen LogP contribution in [0, 0.1) is 11.3 Å². The summed E-state index contributed by atoms with van der Waals surface area (Å²) in [6.45, 7) is 2.44. The van der Waals surface area contributed by atoms with Gasteiger partial charge < -0.3 is 15.2 Å². The highest BCUT2D eigenvalue weighted by Crippen LogP contribution is 2.34. The molecule has 19 heavy (non-hydrogen) atoms. The summed E-state index contributed by atoms with van der Waals surface area (Å²) in [6.07, 6.45) is 0. The molecule has 0 unspecified atom stereocenters. The molecule has 0 aliphatic rings. The maximum Gasteiger partial charge on any atom is 0.154 e. The highest BCUT2D eigenvalue weighted by atomic mass is 16.5. The largest absolute Gasteiger partial charge is 0.492 e. The van der Waals surface area contributed by atoms with Crippen LogP contribution in [0.15, 0.2) is 42.5 Å². The van der Waals surface area contributed by atoms with Crippen molar-refractivity contribution in [3.63, 3.8) is 0 Å². The topological polar surface area (TPSA) is 68.3 Å². The fourth-order valence-electron chi connectivity index (χ4n) is 1.62. The third-order valence-electron chi connectivity index (χ3n) is 2.54. The summed E-state index contributed by atoms with van der Waals surface area (Å²) in [7, 11) is 0. The fourth-order valence-corrected chi connectivity index (χ4v) is 1.62. The second-order valence-corrected chi connectivity index (χ2v) is 3.84. The second-order valence-electron chi connectivity index (χ2n) is 3.84. The molecule has 0 aliphatic carbocycles. The first-order chi connectivity index (χ1) is 9.24. The fraction of sp³-hybridized carbons (Fsp3) is 0.133. The minimum Gasteiger partial charge on any atom is -0.492 e. The van der Waals surface area contributed by atoms with Crippen molar-refractivity contribution in [1.29, 1.82) is 5.26 Å². The van der Waals surface area contributed by atoms with Crippen LogP contribution in [-0.4, -0.2) is 6.61 Å². The van der Waals surface area contributed by atoms with Crippen LogP contribution in [0.4, 0.5) is 5.69 Å². The van der Waals surface area contributed by atoms with Gasteiger partial charge in [0.2, 0.25) is 0 Å². The summed E-state index contributed by atoms with van der Waals surface area (Å²) >= 11 is 0. The van der Waals surface area contributed by atoms with Gasteiger partial charge in [-0.1, -0.05) is 6.07 Å². The average molecular weight is 254 g/mol. The maximum absolute atomic E-state index is 8.73. The van der Waals surface area contributed by atoms with Crippen LogP contribution in [0.3, 0.4) is 0 Å². The second kappa shape index (κ2) is 5.78.